The van der Waals surface area contributed by atoms with Crippen LogP contribution in [-0.2, 0) is 4.79 Å². The van der Waals surface area contributed by atoms with Crippen LogP contribution in [0, 0.1) is 0 Å². The lowest BCUT2D eigenvalue weighted by Gasteiger charge is -2.04. The van der Waals surface area contributed by atoms with Crippen LogP contribution in [-0.4, -0.2) is 24.2 Å². The highest BCUT2D eigenvalue weighted by Crippen LogP contribution is 2.06. The highest BCUT2D eigenvalue weighted by Gasteiger charge is 1.98. The van der Waals surface area contributed by atoms with Gasteiger partial charge >= 0.3 is 0 Å². The molecule has 0 spiro atoms. The fraction of sp³-hybridized carbons (Fsp3) is 0.923. The molecule has 0 aliphatic carbocycles. The topological polar surface area (TPSA) is 49.3 Å². The molecular weight excluding hydrogens is 202 g/mol. The van der Waals surface area contributed by atoms with Crippen LogP contribution in [0.25, 0.3) is 0 Å². The lowest BCUT2D eigenvalue weighted by molar-refractivity contribution is -0.121. The number of carbonyl (C=O) groups is 1. The zero-order chi connectivity index (χ0) is 12.1. The van der Waals surface area contributed by atoms with Crippen molar-refractivity contribution < 1.29 is 9.90 Å². The maximum atomic E-state index is 11.2. The molecule has 0 aliphatic heterocycles. The highest BCUT2D eigenvalue weighted by atomic mass is 16.3. The van der Waals surface area contributed by atoms with Crippen LogP contribution in [0.5, 0.6) is 0 Å². The number of hydrogen-bond acceptors (Lipinski definition) is 2. The van der Waals surface area contributed by atoms with Crippen molar-refractivity contribution >= 4 is 5.91 Å². The molecule has 3 nitrogen and oxygen atoms in total. The van der Waals surface area contributed by atoms with E-state index in [0.717, 1.165) is 13.0 Å². The van der Waals surface area contributed by atoms with E-state index in [1.165, 1.54) is 38.5 Å². The van der Waals surface area contributed by atoms with E-state index in [1.54, 1.807) is 0 Å². The van der Waals surface area contributed by atoms with Crippen LogP contribution in [0.15, 0.2) is 0 Å². The first kappa shape index (κ1) is 15.4. The number of carbonyl (C=O) groups excluding carboxylic acids is 1. The first-order chi connectivity index (χ1) is 7.81. The number of aliphatic hydroxyl groups excluding tert-OH is 1. The van der Waals surface area contributed by atoms with Crippen LogP contribution in [0.3, 0.4) is 0 Å². The first-order valence-electron chi connectivity index (χ1n) is 6.68. The van der Waals surface area contributed by atoms with E-state index >= 15 is 0 Å². The Morgan fingerprint density at radius 3 is 2.25 bits per heavy atom. The van der Waals surface area contributed by atoms with E-state index in [4.69, 9.17) is 5.11 Å². The third-order valence-corrected chi connectivity index (χ3v) is 2.66. The number of hydrogen-bond donors (Lipinski definition) is 2. The molecule has 0 rings (SSSR count). The molecule has 0 atom stereocenters. The SMILES string of the molecule is CCCCCCCCCNC(=O)CCCO. The van der Waals surface area contributed by atoms with Crippen LogP contribution in [0.2, 0.25) is 0 Å². The summed E-state index contributed by atoms with van der Waals surface area (Å²) in [6, 6.07) is 0. The molecule has 0 aliphatic rings. The molecule has 0 heterocycles. The maximum absolute atomic E-state index is 11.2. The maximum Gasteiger partial charge on any atom is 0.220 e. The van der Waals surface area contributed by atoms with Crippen molar-refractivity contribution in [3.63, 3.8) is 0 Å². The molecule has 1 amide bonds. The predicted molar refractivity (Wildman–Crippen MR) is 67.3 cm³/mol. The molecule has 0 saturated carbocycles. The summed E-state index contributed by atoms with van der Waals surface area (Å²) in [7, 11) is 0. The molecule has 0 saturated heterocycles. The van der Waals surface area contributed by atoms with Gasteiger partial charge in [0.1, 0.15) is 0 Å². The molecule has 2 N–H and O–H groups in total. The smallest absolute Gasteiger partial charge is 0.220 e. The van der Waals surface area contributed by atoms with Crippen LogP contribution >= 0.6 is 0 Å². The second kappa shape index (κ2) is 12.5. The molecule has 0 aromatic carbocycles. The molecule has 0 aromatic rings. The molecule has 0 radical (unpaired) electrons. The number of unbranched alkanes of at least 4 members (excludes halogenated alkanes) is 6. The summed E-state index contributed by atoms with van der Waals surface area (Å²) in [4.78, 5) is 11.2. The Kier molecular flexibility index (Phi) is 12.1. The Morgan fingerprint density at radius 1 is 1.00 bits per heavy atom. The Labute approximate surface area is 99.6 Å². The molecule has 0 fully saturated rings. The van der Waals surface area contributed by atoms with Crippen LogP contribution in [0.4, 0.5) is 0 Å². The highest BCUT2D eigenvalue weighted by molar-refractivity contribution is 5.75. The average molecular weight is 229 g/mol. The summed E-state index contributed by atoms with van der Waals surface area (Å²) in [5, 5.41) is 11.4. The zero-order valence-corrected chi connectivity index (χ0v) is 10.6. The second-order valence-electron chi connectivity index (χ2n) is 4.30. The Hall–Kier alpha value is -0.570. The summed E-state index contributed by atoms with van der Waals surface area (Å²) >= 11 is 0. The van der Waals surface area contributed by atoms with Gasteiger partial charge in [-0.3, -0.25) is 4.79 Å². The van der Waals surface area contributed by atoms with Gasteiger partial charge in [-0.15, -0.1) is 0 Å². The minimum atomic E-state index is 0.0695. The van der Waals surface area contributed by atoms with Gasteiger partial charge in [-0.05, 0) is 12.8 Å². The third-order valence-electron chi connectivity index (χ3n) is 2.66. The second-order valence-corrected chi connectivity index (χ2v) is 4.30. The molecule has 0 aromatic heterocycles. The minimum Gasteiger partial charge on any atom is -0.396 e. The number of nitrogens with one attached hydrogen (secondary N) is 1. The van der Waals surface area contributed by atoms with Gasteiger partial charge in [-0.2, -0.15) is 0 Å². The van der Waals surface area contributed by atoms with Crippen LogP contribution < -0.4 is 5.32 Å². The Bertz CT molecular complexity index is 160. The average Bonchev–Trinajstić information content (AvgIpc) is 2.30. The molecule has 16 heavy (non-hydrogen) atoms. The third kappa shape index (κ3) is 11.5. The molecule has 3 heteroatoms. The number of rotatable bonds is 11. The van der Waals surface area contributed by atoms with Crippen molar-refractivity contribution in [3.05, 3.63) is 0 Å². The molecular formula is C13H27NO2. The van der Waals surface area contributed by atoms with Crippen molar-refractivity contribution in [2.45, 2.75) is 64.7 Å². The standard InChI is InChI=1S/C13H27NO2/c1-2-3-4-5-6-7-8-11-14-13(16)10-9-12-15/h15H,2-12H2,1H3,(H,14,16). The van der Waals surface area contributed by atoms with E-state index in [1.807, 2.05) is 0 Å². The fourth-order valence-corrected chi connectivity index (χ4v) is 1.64. The lowest BCUT2D eigenvalue weighted by atomic mass is 10.1. The minimum absolute atomic E-state index is 0.0695. The summed E-state index contributed by atoms with van der Waals surface area (Å²) in [6.07, 6.45) is 9.91. The van der Waals surface area contributed by atoms with Crippen molar-refractivity contribution in [2.24, 2.45) is 0 Å². The summed E-state index contributed by atoms with van der Waals surface area (Å²) in [6.45, 7) is 3.12. The zero-order valence-electron chi connectivity index (χ0n) is 10.6. The first-order valence-corrected chi connectivity index (χ1v) is 6.68. The van der Waals surface area contributed by atoms with Crippen molar-refractivity contribution in [3.8, 4) is 0 Å². The van der Waals surface area contributed by atoms with Crippen LogP contribution in [0.1, 0.15) is 64.7 Å². The van der Waals surface area contributed by atoms with Gasteiger partial charge in [-0.25, -0.2) is 0 Å². The van der Waals surface area contributed by atoms with Gasteiger partial charge < -0.3 is 10.4 Å². The predicted octanol–water partition coefficient (Wildman–Crippen LogP) is 2.63. The largest absolute Gasteiger partial charge is 0.396 e. The van der Waals surface area contributed by atoms with E-state index in [9.17, 15) is 4.79 Å². The van der Waals surface area contributed by atoms with Gasteiger partial charge in [0, 0.05) is 19.6 Å². The molecule has 0 bridgehead atoms. The fourth-order valence-electron chi connectivity index (χ4n) is 1.64. The van der Waals surface area contributed by atoms with Gasteiger partial charge in [0.15, 0.2) is 0 Å². The van der Waals surface area contributed by atoms with E-state index in [2.05, 4.69) is 12.2 Å². The van der Waals surface area contributed by atoms with Gasteiger partial charge in [-0.1, -0.05) is 45.4 Å². The Morgan fingerprint density at radius 2 is 1.62 bits per heavy atom. The Balaban J connectivity index is 3.05. The van der Waals surface area contributed by atoms with Crippen molar-refractivity contribution in [1.29, 1.82) is 0 Å². The summed E-state index contributed by atoms with van der Waals surface area (Å²) < 4.78 is 0. The normalized spacial score (nSPS) is 10.4. The monoisotopic (exact) mass is 229 g/mol. The van der Waals surface area contributed by atoms with E-state index < -0.39 is 0 Å². The van der Waals surface area contributed by atoms with Gasteiger partial charge in [0.2, 0.25) is 5.91 Å². The number of amides is 1. The summed E-state index contributed by atoms with van der Waals surface area (Å²) in [5.41, 5.74) is 0. The molecule has 0 unspecified atom stereocenters. The quantitative estimate of drug-likeness (QED) is 0.535. The van der Waals surface area contributed by atoms with E-state index in [0.29, 0.717) is 12.8 Å². The van der Waals surface area contributed by atoms with Crippen molar-refractivity contribution in [2.75, 3.05) is 13.2 Å². The van der Waals surface area contributed by atoms with Crippen molar-refractivity contribution in [1.82, 2.24) is 5.32 Å². The summed E-state index contributed by atoms with van der Waals surface area (Å²) in [5.74, 6) is 0.0695. The molecule has 96 valence electrons. The lowest BCUT2D eigenvalue weighted by Crippen LogP contribution is -2.24. The number of aliphatic hydroxyl groups is 1. The van der Waals surface area contributed by atoms with Gasteiger partial charge in [0.25, 0.3) is 0 Å². The van der Waals surface area contributed by atoms with Gasteiger partial charge in [0.05, 0.1) is 0 Å². The van der Waals surface area contributed by atoms with E-state index in [-0.39, 0.29) is 12.5 Å².